The molecule has 8 heteroatoms. The molecule has 0 bridgehead atoms. The molecule has 1 aromatic heterocycles. The number of oxazole rings is 1. The molecule has 39 heavy (non-hydrogen) atoms. The molecule has 1 aliphatic rings. The van der Waals surface area contributed by atoms with E-state index in [1.165, 1.54) is 7.11 Å². The third-order valence-electron chi connectivity index (χ3n) is 6.86. The minimum Gasteiger partial charge on any atom is -0.467 e. The summed E-state index contributed by atoms with van der Waals surface area (Å²) in [4.78, 5) is 44.4. The maximum atomic E-state index is 13.2. The third-order valence-corrected chi connectivity index (χ3v) is 6.86. The number of benzene rings is 3. The van der Waals surface area contributed by atoms with Crippen LogP contribution >= 0.6 is 0 Å². The van der Waals surface area contributed by atoms with Crippen molar-refractivity contribution in [1.82, 2.24) is 9.88 Å². The maximum Gasteiger partial charge on any atom is 0.328 e. The lowest BCUT2D eigenvalue weighted by molar-refractivity contribution is -0.147. The van der Waals surface area contributed by atoms with E-state index in [0.29, 0.717) is 29.4 Å². The molecule has 198 valence electrons. The zero-order chi connectivity index (χ0) is 27.7. The van der Waals surface area contributed by atoms with Crippen LogP contribution in [0, 0.1) is 12.8 Å². The molecule has 0 saturated heterocycles. The molecular weight excluding hydrogens is 494 g/mol. The van der Waals surface area contributed by atoms with E-state index in [9.17, 15) is 14.4 Å². The number of esters is 1. The summed E-state index contributed by atoms with van der Waals surface area (Å²) in [5.41, 5.74) is 4.83. The first kappa shape index (κ1) is 25.9. The fourth-order valence-corrected chi connectivity index (χ4v) is 4.86. The van der Waals surface area contributed by atoms with E-state index in [0.717, 1.165) is 22.3 Å². The predicted molar refractivity (Wildman–Crippen MR) is 147 cm³/mol. The topological polar surface area (TPSA) is 102 Å². The van der Waals surface area contributed by atoms with Crippen LogP contribution in [0.5, 0.6) is 0 Å². The number of carbonyl (C=O) groups excluding carboxylic acids is 3. The zero-order valence-corrected chi connectivity index (χ0v) is 22.2. The smallest absolute Gasteiger partial charge is 0.328 e. The second-order valence-corrected chi connectivity index (χ2v) is 9.84. The fourth-order valence-electron chi connectivity index (χ4n) is 4.86. The standard InChI is InChI=1S/C31H29N3O5/c1-18(2)27(31(37)38-4)34-17-23-11-10-22(16-25(23)30(34)36)20-12-14-24(15-13-20)32-28(35)26-19(3)39-29(33-26)21-8-6-5-7-9-21/h5-16,18,27H,17H2,1-4H3,(H,32,35)/t27-/m0/s1. The van der Waals surface area contributed by atoms with E-state index in [1.807, 2.05) is 74.5 Å². The Labute approximate surface area is 226 Å². The number of nitrogens with zero attached hydrogens (tertiary/aromatic N) is 2. The number of fused-ring (bicyclic) bond motifs is 1. The summed E-state index contributed by atoms with van der Waals surface area (Å²) in [5.74, 6) is -0.209. The molecule has 0 spiro atoms. The molecule has 0 fully saturated rings. The van der Waals surface area contributed by atoms with Crippen LogP contribution < -0.4 is 5.32 Å². The van der Waals surface area contributed by atoms with Gasteiger partial charge in [-0.05, 0) is 59.9 Å². The highest BCUT2D eigenvalue weighted by atomic mass is 16.5. The summed E-state index contributed by atoms with van der Waals surface area (Å²) in [6, 6.07) is 21.9. The minimum atomic E-state index is -0.640. The van der Waals surface area contributed by atoms with Gasteiger partial charge in [-0.3, -0.25) is 9.59 Å². The van der Waals surface area contributed by atoms with Crippen molar-refractivity contribution in [2.45, 2.75) is 33.4 Å². The first-order valence-corrected chi connectivity index (χ1v) is 12.7. The van der Waals surface area contributed by atoms with Crippen LogP contribution in [0.3, 0.4) is 0 Å². The van der Waals surface area contributed by atoms with Crippen molar-refractivity contribution in [2.75, 3.05) is 12.4 Å². The van der Waals surface area contributed by atoms with Gasteiger partial charge in [0.1, 0.15) is 11.8 Å². The normalized spacial score (nSPS) is 13.4. The van der Waals surface area contributed by atoms with E-state index in [4.69, 9.17) is 9.15 Å². The number of aryl methyl sites for hydroxylation is 1. The number of rotatable bonds is 7. The van der Waals surface area contributed by atoms with Gasteiger partial charge in [-0.2, -0.15) is 0 Å². The van der Waals surface area contributed by atoms with E-state index in [2.05, 4.69) is 10.3 Å². The quantitative estimate of drug-likeness (QED) is 0.311. The summed E-state index contributed by atoms with van der Waals surface area (Å²) in [6.45, 7) is 5.87. The number of methoxy groups -OCH3 is 1. The Bertz CT molecular complexity index is 1540. The Kier molecular flexibility index (Phi) is 7.02. The lowest BCUT2D eigenvalue weighted by Crippen LogP contribution is -2.45. The van der Waals surface area contributed by atoms with E-state index >= 15 is 0 Å². The predicted octanol–water partition coefficient (Wildman–Crippen LogP) is 5.72. The van der Waals surface area contributed by atoms with Gasteiger partial charge in [-0.15, -0.1) is 0 Å². The summed E-state index contributed by atoms with van der Waals surface area (Å²) in [7, 11) is 1.34. The van der Waals surface area contributed by atoms with Crippen LogP contribution in [0.4, 0.5) is 5.69 Å². The largest absolute Gasteiger partial charge is 0.467 e. The van der Waals surface area contributed by atoms with Crippen molar-refractivity contribution >= 4 is 23.5 Å². The summed E-state index contributed by atoms with van der Waals surface area (Å²) in [6.07, 6.45) is 0. The van der Waals surface area contributed by atoms with Crippen molar-refractivity contribution in [3.63, 3.8) is 0 Å². The molecule has 0 aliphatic carbocycles. The molecule has 8 nitrogen and oxygen atoms in total. The number of amides is 2. The van der Waals surface area contributed by atoms with E-state index < -0.39 is 12.0 Å². The molecule has 0 radical (unpaired) electrons. The monoisotopic (exact) mass is 523 g/mol. The SMILES string of the molecule is COC(=O)[C@H](C(C)C)N1Cc2ccc(-c3ccc(NC(=O)c4nc(-c5ccccc5)oc4C)cc3)cc2C1=O. The average Bonchev–Trinajstić information content (AvgIpc) is 3.49. The molecule has 0 unspecified atom stereocenters. The Morgan fingerprint density at radius 2 is 1.67 bits per heavy atom. The Morgan fingerprint density at radius 3 is 2.33 bits per heavy atom. The van der Waals surface area contributed by atoms with E-state index in [-0.39, 0.29) is 23.4 Å². The molecule has 2 heterocycles. The summed E-state index contributed by atoms with van der Waals surface area (Å²) < 4.78 is 10.7. The molecule has 1 aliphatic heterocycles. The second kappa shape index (κ2) is 10.6. The van der Waals surface area contributed by atoms with Crippen LogP contribution in [-0.4, -0.2) is 40.8 Å². The van der Waals surface area contributed by atoms with Gasteiger partial charge >= 0.3 is 5.97 Å². The average molecular weight is 524 g/mol. The molecule has 1 N–H and O–H groups in total. The fraction of sp³-hybridized carbons (Fsp3) is 0.226. The molecule has 0 saturated carbocycles. The molecule has 4 aromatic rings. The van der Waals surface area contributed by atoms with E-state index in [1.54, 1.807) is 24.0 Å². The molecule has 1 atom stereocenters. The Hall–Kier alpha value is -4.72. The first-order valence-electron chi connectivity index (χ1n) is 12.7. The number of aromatic nitrogens is 1. The summed E-state index contributed by atoms with van der Waals surface area (Å²) >= 11 is 0. The van der Waals surface area contributed by atoms with Crippen molar-refractivity contribution < 1.29 is 23.5 Å². The number of ether oxygens (including phenoxy) is 1. The molecule has 3 aromatic carbocycles. The lowest BCUT2D eigenvalue weighted by Gasteiger charge is -2.28. The van der Waals surface area contributed by atoms with Gasteiger partial charge < -0.3 is 19.4 Å². The van der Waals surface area contributed by atoms with Crippen LogP contribution in [-0.2, 0) is 16.1 Å². The highest BCUT2D eigenvalue weighted by molar-refractivity contribution is 6.04. The molecular formula is C31H29N3O5. The van der Waals surface area contributed by atoms with Gasteiger partial charge in [-0.25, -0.2) is 9.78 Å². The van der Waals surface area contributed by atoms with Crippen molar-refractivity contribution in [3.8, 4) is 22.6 Å². The van der Waals surface area contributed by atoms with Crippen LogP contribution in [0.1, 0.15) is 46.0 Å². The third kappa shape index (κ3) is 5.05. The van der Waals surface area contributed by atoms with Gasteiger partial charge in [-0.1, -0.05) is 56.3 Å². The van der Waals surface area contributed by atoms with Crippen LogP contribution in [0.25, 0.3) is 22.6 Å². The van der Waals surface area contributed by atoms with Crippen LogP contribution in [0.15, 0.2) is 77.2 Å². The highest BCUT2D eigenvalue weighted by Gasteiger charge is 2.38. The first-order chi connectivity index (χ1) is 18.8. The van der Waals surface area contributed by atoms with Gasteiger partial charge in [0, 0.05) is 23.4 Å². The Morgan fingerprint density at radius 1 is 0.974 bits per heavy atom. The zero-order valence-electron chi connectivity index (χ0n) is 22.2. The summed E-state index contributed by atoms with van der Waals surface area (Å²) in [5, 5.41) is 2.87. The lowest BCUT2D eigenvalue weighted by atomic mass is 10.00. The number of hydrogen-bond donors (Lipinski definition) is 1. The Balaban J connectivity index is 1.31. The van der Waals surface area contributed by atoms with Gasteiger partial charge in [0.25, 0.3) is 11.8 Å². The maximum absolute atomic E-state index is 13.2. The van der Waals surface area contributed by atoms with Gasteiger partial charge in [0.05, 0.1) is 7.11 Å². The highest BCUT2D eigenvalue weighted by Crippen LogP contribution is 2.32. The number of nitrogens with one attached hydrogen (secondary N) is 1. The number of hydrogen-bond acceptors (Lipinski definition) is 6. The number of carbonyl (C=O) groups is 3. The molecule has 5 rings (SSSR count). The van der Waals surface area contributed by atoms with Crippen molar-refractivity contribution in [1.29, 1.82) is 0 Å². The van der Waals surface area contributed by atoms with Crippen molar-refractivity contribution in [3.05, 3.63) is 95.4 Å². The van der Waals surface area contributed by atoms with Gasteiger partial charge in [0.15, 0.2) is 5.69 Å². The molecule has 2 amide bonds. The minimum absolute atomic E-state index is 0.0797. The van der Waals surface area contributed by atoms with Gasteiger partial charge in [0.2, 0.25) is 5.89 Å². The van der Waals surface area contributed by atoms with Crippen LogP contribution in [0.2, 0.25) is 0 Å². The second-order valence-electron chi connectivity index (χ2n) is 9.84. The van der Waals surface area contributed by atoms with Crippen molar-refractivity contribution in [2.24, 2.45) is 5.92 Å². The number of anilines is 1.